The van der Waals surface area contributed by atoms with Gasteiger partial charge in [-0.3, -0.25) is 14.3 Å². The molecule has 2 amide bonds. The first-order valence-electron chi connectivity index (χ1n) is 8.14. The molecule has 0 aliphatic rings. The predicted molar refractivity (Wildman–Crippen MR) is 98.0 cm³/mol. The van der Waals surface area contributed by atoms with Crippen molar-refractivity contribution in [2.75, 3.05) is 10.6 Å². The highest BCUT2D eigenvalue weighted by atomic mass is 16.2. The van der Waals surface area contributed by atoms with Crippen LogP contribution in [-0.4, -0.2) is 31.4 Å². The van der Waals surface area contributed by atoms with E-state index in [4.69, 9.17) is 0 Å². The third-order valence-electron chi connectivity index (χ3n) is 3.72. The Balaban J connectivity index is 1.64. The van der Waals surface area contributed by atoms with Crippen LogP contribution in [0.4, 0.5) is 11.4 Å². The fourth-order valence-electron chi connectivity index (χ4n) is 2.55. The van der Waals surface area contributed by atoms with E-state index in [0.717, 1.165) is 11.4 Å². The normalized spacial score (nSPS) is 10.6. The van der Waals surface area contributed by atoms with Crippen LogP contribution in [0.25, 0.3) is 0 Å². The number of nitrogens with one attached hydrogen (secondary N) is 2. The second-order valence-corrected chi connectivity index (χ2v) is 6.02. The summed E-state index contributed by atoms with van der Waals surface area (Å²) in [5.74, 6) is -0.445. The van der Waals surface area contributed by atoms with E-state index in [0.29, 0.717) is 23.7 Å². The molecule has 134 valence electrons. The molecule has 8 heteroatoms. The number of hydrogen-bond acceptors (Lipinski definition) is 4. The summed E-state index contributed by atoms with van der Waals surface area (Å²) in [7, 11) is 0. The summed E-state index contributed by atoms with van der Waals surface area (Å²) in [5, 5.41) is 14.1. The Morgan fingerprint density at radius 3 is 2.23 bits per heavy atom. The van der Waals surface area contributed by atoms with Crippen molar-refractivity contribution in [3.63, 3.8) is 0 Å². The van der Waals surface area contributed by atoms with Gasteiger partial charge in [0.05, 0.1) is 5.69 Å². The van der Waals surface area contributed by atoms with Gasteiger partial charge in [-0.15, -0.1) is 0 Å². The molecule has 0 aliphatic heterocycles. The van der Waals surface area contributed by atoms with Gasteiger partial charge >= 0.3 is 0 Å². The number of benzene rings is 1. The Morgan fingerprint density at radius 1 is 1.00 bits per heavy atom. The number of nitrogens with zero attached hydrogens (tertiary/aromatic N) is 4. The molecule has 2 aromatic heterocycles. The van der Waals surface area contributed by atoms with E-state index in [1.807, 2.05) is 24.6 Å². The third-order valence-corrected chi connectivity index (χ3v) is 3.72. The number of carbonyl (C=O) groups is 2. The molecule has 0 radical (unpaired) electrons. The van der Waals surface area contributed by atoms with Crippen LogP contribution < -0.4 is 10.6 Å². The van der Waals surface area contributed by atoms with Gasteiger partial charge in [0, 0.05) is 30.2 Å². The molecule has 2 N–H and O–H groups in total. The topological polar surface area (TPSA) is 93.8 Å². The molecule has 0 fully saturated rings. The molecule has 26 heavy (non-hydrogen) atoms. The fraction of sp³-hybridized carbons (Fsp3) is 0.222. The van der Waals surface area contributed by atoms with Crippen LogP contribution in [0.1, 0.15) is 28.8 Å². The summed E-state index contributed by atoms with van der Waals surface area (Å²) < 4.78 is 3.49. The Hall–Kier alpha value is -3.42. The third kappa shape index (κ3) is 4.15. The van der Waals surface area contributed by atoms with Gasteiger partial charge in [-0.05, 0) is 50.2 Å². The largest absolute Gasteiger partial charge is 0.326 e. The average molecular weight is 352 g/mol. The van der Waals surface area contributed by atoms with Crippen LogP contribution in [0.2, 0.25) is 0 Å². The zero-order valence-corrected chi connectivity index (χ0v) is 14.9. The van der Waals surface area contributed by atoms with Crippen LogP contribution in [0, 0.1) is 13.8 Å². The first-order chi connectivity index (χ1) is 12.4. The van der Waals surface area contributed by atoms with E-state index >= 15 is 0 Å². The lowest BCUT2D eigenvalue weighted by molar-refractivity contribution is -0.114. The number of aromatic nitrogens is 4. The van der Waals surface area contributed by atoms with Gasteiger partial charge in [0.15, 0.2) is 5.69 Å². The zero-order chi connectivity index (χ0) is 18.7. The Labute approximate surface area is 150 Å². The van der Waals surface area contributed by atoms with Crippen LogP contribution in [-0.2, 0) is 11.5 Å². The summed E-state index contributed by atoms with van der Waals surface area (Å²) in [6.07, 6.45) is 1.74. The molecular formula is C18H20N6O2. The van der Waals surface area contributed by atoms with Crippen molar-refractivity contribution in [1.29, 1.82) is 0 Å². The first kappa shape index (κ1) is 17.4. The monoisotopic (exact) mass is 352 g/mol. The highest BCUT2D eigenvalue weighted by Crippen LogP contribution is 2.14. The van der Waals surface area contributed by atoms with Crippen LogP contribution in [0.3, 0.4) is 0 Å². The molecular weight excluding hydrogens is 332 g/mol. The number of anilines is 2. The van der Waals surface area contributed by atoms with Gasteiger partial charge in [-0.25, -0.2) is 4.68 Å². The second-order valence-electron chi connectivity index (χ2n) is 6.02. The molecule has 0 saturated heterocycles. The van der Waals surface area contributed by atoms with Gasteiger partial charge in [0.2, 0.25) is 5.91 Å². The van der Waals surface area contributed by atoms with E-state index in [-0.39, 0.29) is 11.8 Å². The van der Waals surface area contributed by atoms with Crippen molar-refractivity contribution in [2.45, 2.75) is 27.4 Å². The lowest BCUT2D eigenvalue weighted by Gasteiger charge is -2.06. The van der Waals surface area contributed by atoms with Crippen molar-refractivity contribution < 1.29 is 9.59 Å². The maximum absolute atomic E-state index is 12.3. The molecule has 0 aliphatic carbocycles. The molecule has 0 bridgehead atoms. The minimum absolute atomic E-state index is 0.144. The maximum atomic E-state index is 12.3. The van der Waals surface area contributed by atoms with Crippen molar-refractivity contribution in [1.82, 2.24) is 19.6 Å². The predicted octanol–water partition coefficient (Wildman–Crippen LogP) is 2.41. The van der Waals surface area contributed by atoms with Gasteiger partial charge in [0.25, 0.3) is 5.91 Å². The fourth-order valence-corrected chi connectivity index (χ4v) is 2.55. The van der Waals surface area contributed by atoms with Crippen molar-refractivity contribution >= 4 is 23.2 Å². The number of carbonyl (C=O) groups excluding carboxylic acids is 2. The van der Waals surface area contributed by atoms with Gasteiger partial charge in [0.1, 0.15) is 6.67 Å². The molecule has 3 rings (SSSR count). The van der Waals surface area contributed by atoms with Gasteiger partial charge in [-0.2, -0.15) is 10.2 Å². The SMILES string of the molecule is CC(=O)Nc1ccc(NC(=O)c2ccn(Cn3nc(C)cc3C)n2)cc1. The Bertz CT molecular complexity index is 939. The highest BCUT2D eigenvalue weighted by molar-refractivity contribution is 6.03. The molecule has 2 heterocycles. The molecule has 0 atom stereocenters. The van der Waals surface area contributed by atoms with Crippen molar-refractivity contribution in [2.24, 2.45) is 0 Å². The molecule has 3 aromatic rings. The lowest BCUT2D eigenvalue weighted by Crippen LogP contribution is -2.15. The Kier molecular flexibility index (Phi) is 4.83. The summed E-state index contributed by atoms with van der Waals surface area (Å²) in [6, 6.07) is 10.5. The number of aryl methyl sites for hydroxylation is 2. The van der Waals surface area contributed by atoms with E-state index in [1.165, 1.54) is 6.92 Å². The Morgan fingerprint density at radius 2 is 1.65 bits per heavy atom. The number of amides is 2. The maximum Gasteiger partial charge on any atom is 0.276 e. The van der Waals surface area contributed by atoms with Gasteiger partial charge in [-0.1, -0.05) is 0 Å². The van der Waals surface area contributed by atoms with Gasteiger partial charge < -0.3 is 10.6 Å². The molecule has 8 nitrogen and oxygen atoms in total. The first-order valence-corrected chi connectivity index (χ1v) is 8.14. The molecule has 0 spiro atoms. The standard InChI is InChI=1S/C18H20N6O2/c1-12-10-13(2)24(21-12)11-23-9-8-17(22-23)18(26)20-16-6-4-15(5-7-16)19-14(3)25/h4-10H,11H2,1-3H3,(H,19,25)(H,20,26). The van der Waals surface area contributed by atoms with Crippen LogP contribution in [0.5, 0.6) is 0 Å². The van der Waals surface area contributed by atoms with Crippen LogP contribution in [0.15, 0.2) is 42.6 Å². The zero-order valence-electron chi connectivity index (χ0n) is 14.9. The number of rotatable bonds is 5. The summed E-state index contributed by atoms with van der Waals surface area (Å²) in [6.45, 7) is 5.79. The smallest absolute Gasteiger partial charge is 0.276 e. The van der Waals surface area contributed by atoms with Crippen LogP contribution >= 0.6 is 0 Å². The summed E-state index contributed by atoms with van der Waals surface area (Å²) in [4.78, 5) is 23.4. The molecule has 0 saturated carbocycles. The summed E-state index contributed by atoms with van der Waals surface area (Å²) in [5.41, 5.74) is 3.58. The minimum Gasteiger partial charge on any atom is -0.326 e. The van der Waals surface area contributed by atoms with Crippen molar-refractivity contribution in [3.8, 4) is 0 Å². The van der Waals surface area contributed by atoms with E-state index < -0.39 is 0 Å². The quantitative estimate of drug-likeness (QED) is 0.737. The van der Waals surface area contributed by atoms with E-state index in [2.05, 4.69) is 20.8 Å². The summed E-state index contributed by atoms with van der Waals surface area (Å²) >= 11 is 0. The molecule has 0 unspecified atom stereocenters. The molecule has 1 aromatic carbocycles. The highest BCUT2D eigenvalue weighted by Gasteiger charge is 2.11. The van der Waals surface area contributed by atoms with Crippen molar-refractivity contribution in [3.05, 3.63) is 59.7 Å². The van der Waals surface area contributed by atoms with E-state index in [1.54, 1.807) is 41.2 Å². The minimum atomic E-state index is -0.301. The number of hydrogen-bond donors (Lipinski definition) is 2. The second kappa shape index (κ2) is 7.22. The van der Waals surface area contributed by atoms with E-state index in [9.17, 15) is 9.59 Å². The lowest BCUT2D eigenvalue weighted by atomic mass is 10.2. The average Bonchev–Trinajstić information content (AvgIpc) is 3.16.